The number of halogens is 4. The Kier molecular flexibility index (Phi) is 8.15. The molecule has 0 unspecified atom stereocenters. The molecule has 0 heterocycles. The molecule has 3 rings (SSSR count). The van der Waals surface area contributed by atoms with Gasteiger partial charge in [0.2, 0.25) is 0 Å². The first-order chi connectivity index (χ1) is 14.9. The molecule has 0 fully saturated rings. The number of rotatable bonds is 8. The van der Waals surface area contributed by atoms with Gasteiger partial charge in [0.05, 0.1) is 27.2 Å². The molecule has 0 radical (unpaired) electrons. The number of methoxy groups -OCH3 is 1. The minimum Gasteiger partial charge on any atom is -0.493 e. The summed E-state index contributed by atoms with van der Waals surface area (Å²) in [5.41, 5.74) is 2.32. The minimum atomic E-state index is -0.342. The van der Waals surface area contributed by atoms with E-state index in [0.29, 0.717) is 43.8 Å². The average Bonchev–Trinajstić information content (AvgIpc) is 2.76. The Morgan fingerprint density at radius 2 is 1.45 bits per heavy atom. The highest BCUT2D eigenvalue weighted by Gasteiger charge is 2.10. The molecular formula is C22H18Cl4N2O3. The fourth-order valence-electron chi connectivity index (χ4n) is 2.67. The first kappa shape index (κ1) is 23.4. The maximum atomic E-state index is 12.2. The second-order valence-electron chi connectivity index (χ2n) is 6.43. The minimum absolute atomic E-state index is 0.197. The average molecular weight is 500 g/mol. The molecule has 0 aromatic heterocycles. The van der Waals surface area contributed by atoms with Gasteiger partial charge in [0.1, 0.15) is 0 Å². The standard InChI is InChI=1S/C22H18Cl4N2O3/c1-30-21-8-13(11-27-14-3-5-16(23)18(25)9-14)2-7-20(21)31-12-22(29)28-15-4-6-17(24)19(26)10-15/h2-10,27H,11-12H2,1H3,(H,28,29). The molecule has 0 atom stereocenters. The lowest BCUT2D eigenvalue weighted by Gasteiger charge is -2.13. The van der Waals surface area contributed by atoms with Crippen LogP contribution in [0.5, 0.6) is 11.5 Å². The van der Waals surface area contributed by atoms with Crippen molar-refractivity contribution in [3.8, 4) is 11.5 Å². The van der Waals surface area contributed by atoms with Crippen LogP contribution in [0.1, 0.15) is 5.56 Å². The van der Waals surface area contributed by atoms with Gasteiger partial charge in [-0.3, -0.25) is 4.79 Å². The van der Waals surface area contributed by atoms with Crippen LogP contribution in [0, 0.1) is 0 Å². The zero-order valence-electron chi connectivity index (χ0n) is 16.3. The van der Waals surface area contributed by atoms with Gasteiger partial charge in [0.25, 0.3) is 5.91 Å². The Bertz CT molecular complexity index is 1090. The van der Waals surface area contributed by atoms with Gasteiger partial charge in [-0.15, -0.1) is 0 Å². The molecule has 31 heavy (non-hydrogen) atoms. The van der Waals surface area contributed by atoms with Crippen LogP contribution in [0.15, 0.2) is 54.6 Å². The zero-order chi connectivity index (χ0) is 22.4. The highest BCUT2D eigenvalue weighted by atomic mass is 35.5. The topological polar surface area (TPSA) is 59.6 Å². The number of anilines is 2. The van der Waals surface area contributed by atoms with Gasteiger partial charge in [-0.05, 0) is 54.1 Å². The van der Waals surface area contributed by atoms with Gasteiger partial charge in [0, 0.05) is 17.9 Å². The van der Waals surface area contributed by atoms with Crippen molar-refractivity contribution in [2.45, 2.75) is 6.54 Å². The van der Waals surface area contributed by atoms with E-state index in [0.717, 1.165) is 11.3 Å². The zero-order valence-corrected chi connectivity index (χ0v) is 19.4. The largest absolute Gasteiger partial charge is 0.493 e. The molecule has 0 saturated heterocycles. The normalized spacial score (nSPS) is 10.5. The molecular weight excluding hydrogens is 482 g/mol. The number of nitrogens with one attached hydrogen (secondary N) is 2. The van der Waals surface area contributed by atoms with Crippen molar-refractivity contribution in [2.75, 3.05) is 24.4 Å². The molecule has 162 valence electrons. The lowest BCUT2D eigenvalue weighted by Crippen LogP contribution is -2.20. The summed E-state index contributed by atoms with van der Waals surface area (Å²) >= 11 is 23.8. The second kappa shape index (κ2) is 10.8. The Morgan fingerprint density at radius 3 is 2.10 bits per heavy atom. The maximum absolute atomic E-state index is 12.2. The van der Waals surface area contributed by atoms with Gasteiger partial charge in [0.15, 0.2) is 18.1 Å². The molecule has 0 aliphatic rings. The summed E-state index contributed by atoms with van der Waals surface area (Å²) in [7, 11) is 1.54. The molecule has 2 N–H and O–H groups in total. The van der Waals surface area contributed by atoms with Crippen LogP contribution in [0.25, 0.3) is 0 Å². The number of carbonyl (C=O) groups is 1. The lowest BCUT2D eigenvalue weighted by atomic mass is 10.2. The van der Waals surface area contributed by atoms with E-state index in [-0.39, 0.29) is 12.5 Å². The smallest absolute Gasteiger partial charge is 0.262 e. The van der Waals surface area contributed by atoms with E-state index in [4.69, 9.17) is 55.9 Å². The summed E-state index contributed by atoms with van der Waals surface area (Å²) in [5.74, 6) is 0.617. The van der Waals surface area contributed by atoms with Crippen molar-refractivity contribution in [3.05, 3.63) is 80.3 Å². The van der Waals surface area contributed by atoms with E-state index in [1.54, 1.807) is 36.4 Å². The Labute approximate surface area is 200 Å². The number of hydrogen-bond acceptors (Lipinski definition) is 4. The first-order valence-corrected chi connectivity index (χ1v) is 10.6. The van der Waals surface area contributed by atoms with Gasteiger partial charge in [-0.25, -0.2) is 0 Å². The Balaban J connectivity index is 1.58. The van der Waals surface area contributed by atoms with E-state index >= 15 is 0 Å². The number of ether oxygens (including phenoxy) is 2. The monoisotopic (exact) mass is 498 g/mol. The molecule has 0 aliphatic heterocycles. The van der Waals surface area contributed by atoms with Crippen molar-refractivity contribution in [3.63, 3.8) is 0 Å². The van der Waals surface area contributed by atoms with Crippen LogP contribution >= 0.6 is 46.4 Å². The van der Waals surface area contributed by atoms with Crippen LogP contribution in [0.2, 0.25) is 20.1 Å². The van der Waals surface area contributed by atoms with Crippen molar-refractivity contribution in [1.82, 2.24) is 0 Å². The van der Waals surface area contributed by atoms with Gasteiger partial charge < -0.3 is 20.1 Å². The SMILES string of the molecule is COc1cc(CNc2ccc(Cl)c(Cl)c2)ccc1OCC(=O)Nc1ccc(Cl)c(Cl)c1. The van der Waals surface area contributed by atoms with Gasteiger partial charge >= 0.3 is 0 Å². The van der Waals surface area contributed by atoms with E-state index in [9.17, 15) is 4.79 Å². The predicted octanol–water partition coefficient (Wildman–Crippen LogP) is 6.94. The van der Waals surface area contributed by atoms with Crippen molar-refractivity contribution in [2.24, 2.45) is 0 Å². The fourth-order valence-corrected chi connectivity index (χ4v) is 3.26. The number of carbonyl (C=O) groups excluding carboxylic acids is 1. The summed E-state index contributed by atoms with van der Waals surface area (Å²) in [6.45, 7) is 0.337. The quantitative estimate of drug-likeness (QED) is 0.352. The summed E-state index contributed by atoms with van der Waals surface area (Å²) in [4.78, 5) is 12.2. The van der Waals surface area contributed by atoms with Crippen LogP contribution in [-0.2, 0) is 11.3 Å². The molecule has 0 spiro atoms. The predicted molar refractivity (Wildman–Crippen MR) is 127 cm³/mol. The lowest BCUT2D eigenvalue weighted by molar-refractivity contribution is -0.118. The summed E-state index contributed by atoms with van der Waals surface area (Å²) in [6.07, 6.45) is 0. The molecule has 3 aromatic rings. The summed E-state index contributed by atoms with van der Waals surface area (Å²) in [6, 6.07) is 15.6. The fraction of sp³-hybridized carbons (Fsp3) is 0.136. The van der Waals surface area contributed by atoms with Crippen molar-refractivity contribution in [1.29, 1.82) is 0 Å². The van der Waals surface area contributed by atoms with Crippen LogP contribution < -0.4 is 20.1 Å². The van der Waals surface area contributed by atoms with E-state index < -0.39 is 0 Å². The maximum Gasteiger partial charge on any atom is 0.262 e. The van der Waals surface area contributed by atoms with Crippen molar-refractivity contribution >= 4 is 63.7 Å². The Morgan fingerprint density at radius 1 is 0.806 bits per heavy atom. The van der Waals surface area contributed by atoms with Gasteiger partial charge in [-0.1, -0.05) is 52.5 Å². The Hall–Kier alpha value is -2.31. The highest BCUT2D eigenvalue weighted by Crippen LogP contribution is 2.30. The summed E-state index contributed by atoms with van der Waals surface area (Å²) < 4.78 is 11.0. The third kappa shape index (κ3) is 6.58. The molecule has 0 bridgehead atoms. The third-order valence-electron chi connectivity index (χ3n) is 4.21. The molecule has 1 amide bonds. The van der Waals surface area contributed by atoms with E-state index in [1.807, 2.05) is 18.2 Å². The molecule has 0 saturated carbocycles. The molecule has 5 nitrogen and oxygen atoms in total. The molecule has 0 aliphatic carbocycles. The summed E-state index contributed by atoms with van der Waals surface area (Å²) in [5, 5.41) is 7.70. The molecule has 9 heteroatoms. The van der Waals surface area contributed by atoms with Crippen molar-refractivity contribution < 1.29 is 14.3 Å². The number of hydrogen-bond donors (Lipinski definition) is 2. The highest BCUT2D eigenvalue weighted by molar-refractivity contribution is 6.42. The van der Waals surface area contributed by atoms with Crippen LogP contribution in [-0.4, -0.2) is 19.6 Å². The van der Waals surface area contributed by atoms with E-state index in [2.05, 4.69) is 10.6 Å². The number of benzene rings is 3. The van der Waals surface area contributed by atoms with Gasteiger partial charge in [-0.2, -0.15) is 0 Å². The number of amides is 1. The van der Waals surface area contributed by atoms with Crippen LogP contribution in [0.4, 0.5) is 11.4 Å². The molecule has 3 aromatic carbocycles. The van der Waals surface area contributed by atoms with Crippen LogP contribution in [0.3, 0.4) is 0 Å². The second-order valence-corrected chi connectivity index (χ2v) is 8.06. The first-order valence-electron chi connectivity index (χ1n) is 9.09. The van der Waals surface area contributed by atoms with E-state index in [1.165, 1.54) is 7.11 Å². The third-order valence-corrected chi connectivity index (χ3v) is 5.68.